The lowest BCUT2D eigenvalue weighted by molar-refractivity contribution is 0.673. The van der Waals surface area contributed by atoms with Crippen LogP contribution in [0.25, 0.3) is 111 Å². The van der Waals surface area contributed by atoms with E-state index in [4.69, 9.17) is 19.4 Å². The molecule has 0 aliphatic carbocycles. The molecule has 2 heterocycles. The molecule has 0 fully saturated rings. The fourth-order valence-corrected chi connectivity index (χ4v) is 8.24. The number of benzene rings is 9. The van der Waals surface area contributed by atoms with Gasteiger partial charge in [0.1, 0.15) is 11.2 Å². The van der Waals surface area contributed by atoms with Crippen molar-refractivity contribution < 1.29 is 4.42 Å². The summed E-state index contributed by atoms with van der Waals surface area (Å²) in [6, 6.07) is 74.1. The predicted octanol–water partition coefficient (Wildman–Crippen LogP) is 14.6. The first-order valence-electron chi connectivity index (χ1n) is 19.8. The highest BCUT2D eigenvalue weighted by molar-refractivity contribution is 6.20. The highest BCUT2D eigenvalue weighted by Gasteiger charge is 2.18. The van der Waals surface area contributed by atoms with Gasteiger partial charge < -0.3 is 4.42 Å². The van der Waals surface area contributed by atoms with Crippen LogP contribution in [0.2, 0.25) is 0 Å². The highest BCUT2D eigenvalue weighted by atomic mass is 16.3. The fourth-order valence-electron chi connectivity index (χ4n) is 8.24. The van der Waals surface area contributed by atoms with Gasteiger partial charge in [-0.25, -0.2) is 15.0 Å². The molecule has 4 nitrogen and oxygen atoms in total. The maximum absolute atomic E-state index is 6.67. The van der Waals surface area contributed by atoms with E-state index in [0.717, 1.165) is 66.3 Å². The molecule has 0 spiro atoms. The summed E-state index contributed by atoms with van der Waals surface area (Å²) in [5.74, 6) is 1.92. The number of nitrogens with zero attached hydrogens (tertiary/aromatic N) is 3. The quantitative estimate of drug-likeness (QED) is 0.163. The van der Waals surface area contributed by atoms with Crippen molar-refractivity contribution in [3.05, 3.63) is 212 Å². The van der Waals surface area contributed by atoms with Crippen LogP contribution in [0.15, 0.2) is 217 Å². The average molecular weight is 754 g/mol. The Bertz CT molecular complexity index is 3260. The number of fused-ring (bicyclic) bond motifs is 5. The molecule has 0 radical (unpaired) electrons. The van der Waals surface area contributed by atoms with Gasteiger partial charge in [-0.2, -0.15) is 0 Å². The molecule has 11 rings (SSSR count). The zero-order valence-corrected chi connectivity index (χ0v) is 32.0. The Hall–Kier alpha value is -7.95. The third-order valence-corrected chi connectivity index (χ3v) is 11.1. The molecule has 0 unspecified atom stereocenters. The van der Waals surface area contributed by atoms with E-state index in [1.54, 1.807) is 0 Å². The van der Waals surface area contributed by atoms with Crippen LogP contribution < -0.4 is 0 Å². The molecule has 2 aromatic heterocycles. The lowest BCUT2D eigenvalue weighted by Crippen LogP contribution is -2.00. The van der Waals surface area contributed by atoms with Crippen molar-refractivity contribution >= 4 is 32.7 Å². The molecule has 0 saturated carbocycles. The first kappa shape index (κ1) is 34.3. The molecule has 0 aliphatic rings. The Labute approximate surface area is 341 Å². The molecule has 0 N–H and O–H groups in total. The highest BCUT2D eigenvalue weighted by Crippen LogP contribution is 2.43. The molecule has 276 valence electrons. The lowest BCUT2D eigenvalue weighted by Gasteiger charge is -2.13. The van der Waals surface area contributed by atoms with Gasteiger partial charge in [0.15, 0.2) is 17.5 Å². The van der Waals surface area contributed by atoms with Gasteiger partial charge in [-0.05, 0) is 80.2 Å². The van der Waals surface area contributed by atoms with Gasteiger partial charge in [0, 0.05) is 32.8 Å². The van der Waals surface area contributed by atoms with Crippen LogP contribution >= 0.6 is 0 Å². The van der Waals surface area contributed by atoms with Crippen LogP contribution in [0.4, 0.5) is 0 Å². The normalized spacial score (nSPS) is 11.4. The number of hydrogen-bond acceptors (Lipinski definition) is 4. The van der Waals surface area contributed by atoms with Crippen LogP contribution in [0.3, 0.4) is 0 Å². The third kappa shape index (κ3) is 6.34. The largest absolute Gasteiger partial charge is 0.455 e. The number of aromatic nitrogens is 3. The molecule has 0 amide bonds. The van der Waals surface area contributed by atoms with Crippen molar-refractivity contribution in [2.45, 2.75) is 0 Å². The van der Waals surface area contributed by atoms with Crippen LogP contribution in [-0.2, 0) is 0 Å². The molecular weight excluding hydrogens is 719 g/mol. The van der Waals surface area contributed by atoms with Gasteiger partial charge in [-0.1, -0.05) is 182 Å². The van der Waals surface area contributed by atoms with Gasteiger partial charge in [-0.3, -0.25) is 0 Å². The predicted molar refractivity (Wildman–Crippen MR) is 243 cm³/mol. The molecule has 0 aliphatic heterocycles. The lowest BCUT2D eigenvalue weighted by atomic mass is 9.90. The zero-order valence-electron chi connectivity index (χ0n) is 32.0. The minimum Gasteiger partial charge on any atom is -0.455 e. The Morgan fingerprint density at radius 2 is 0.712 bits per heavy atom. The third-order valence-electron chi connectivity index (χ3n) is 11.1. The molecule has 0 bridgehead atoms. The second kappa shape index (κ2) is 14.5. The summed E-state index contributed by atoms with van der Waals surface area (Å²) < 4.78 is 6.67. The summed E-state index contributed by atoms with van der Waals surface area (Å²) >= 11 is 0. The standard InChI is InChI=1S/C55H35N3O/c1-4-16-36(17-5-1)44-26-10-11-27-45(44)48-35-50-49-34-42(30-31-51(49)59-52(50)47-29-13-12-28-46(47)48)40-23-14-22-39(32-40)41-24-15-25-43(33-41)55-57-53(37-18-6-2-7-19-37)56-54(58-55)38-20-8-3-9-21-38/h1-35H. The van der Waals surface area contributed by atoms with Crippen LogP contribution in [0.1, 0.15) is 0 Å². The molecule has 4 heteroatoms. The summed E-state index contributed by atoms with van der Waals surface area (Å²) in [7, 11) is 0. The average Bonchev–Trinajstić information content (AvgIpc) is 3.70. The molecule has 59 heavy (non-hydrogen) atoms. The fraction of sp³-hybridized carbons (Fsp3) is 0. The first-order valence-corrected chi connectivity index (χ1v) is 19.8. The van der Waals surface area contributed by atoms with E-state index in [-0.39, 0.29) is 0 Å². The van der Waals surface area contributed by atoms with Crippen molar-refractivity contribution in [2.75, 3.05) is 0 Å². The monoisotopic (exact) mass is 753 g/mol. The number of rotatable bonds is 7. The van der Waals surface area contributed by atoms with Crippen molar-refractivity contribution in [2.24, 2.45) is 0 Å². The summed E-state index contributed by atoms with van der Waals surface area (Å²) in [6.07, 6.45) is 0. The SMILES string of the molecule is c1ccc(-c2nc(-c3ccccc3)nc(-c3cccc(-c4cccc(-c5ccc6oc7c8ccccc8c(-c8ccccc8-c8ccccc8)cc7c6c5)c4)c3)n2)cc1. The van der Waals surface area contributed by atoms with Crippen molar-refractivity contribution in [3.63, 3.8) is 0 Å². The van der Waals surface area contributed by atoms with Gasteiger partial charge in [0.05, 0.1) is 0 Å². The van der Waals surface area contributed by atoms with Gasteiger partial charge >= 0.3 is 0 Å². The number of hydrogen-bond donors (Lipinski definition) is 0. The van der Waals surface area contributed by atoms with Gasteiger partial charge in [0.2, 0.25) is 0 Å². The van der Waals surface area contributed by atoms with Crippen LogP contribution in [0, 0.1) is 0 Å². The Kier molecular flexibility index (Phi) is 8.45. The smallest absolute Gasteiger partial charge is 0.164 e. The molecular formula is C55H35N3O. The van der Waals surface area contributed by atoms with Crippen LogP contribution in [-0.4, -0.2) is 15.0 Å². The van der Waals surface area contributed by atoms with Crippen LogP contribution in [0.5, 0.6) is 0 Å². The topological polar surface area (TPSA) is 51.8 Å². The Morgan fingerprint density at radius 3 is 1.34 bits per heavy atom. The second-order valence-corrected chi connectivity index (χ2v) is 14.8. The van der Waals surface area contributed by atoms with Gasteiger partial charge in [-0.15, -0.1) is 0 Å². The minimum atomic E-state index is 0.631. The van der Waals surface area contributed by atoms with E-state index in [1.807, 2.05) is 60.7 Å². The molecule has 0 saturated heterocycles. The van der Waals surface area contributed by atoms with Crippen molar-refractivity contribution in [1.82, 2.24) is 15.0 Å². The van der Waals surface area contributed by atoms with Crippen molar-refractivity contribution in [1.29, 1.82) is 0 Å². The van der Waals surface area contributed by atoms with E-state index in [9.17, 15) is 0 Å². The van der Waals surface area contributed by atoms with E-state index in [1.165, 1.54) is 27.6 Å². The maximum atomic E-state index is 6.67. The molecule has 9 aromatic carbocycles. The number of furan rings is 1. The molecule has 0 atom stereocenters. The maximum Gasteiger partial charge on any atom is 0.164 e. The summed E-state index contributed by atoms with van der Waals surface area (Å²) in [4.78, 5) is 14.8. The summed E-state index contributed by atoms with van der Waals surface area (Å²) in [5.41, 5.74) is 13.8. The van der Waals surface area contributed by atoms with E-state index in [2.05, 4.69) is 152 Å². The second-order valence-electron chi connectivity index (χ2n) is 14.8. The molecule has 11 aromatic rings. The zero-order chi connectivity index (χ0) is 39.1. The summed E-state index contributed by atoms with van der Waals surface area (Å²) in [5, 5.41) is 4.46. The Balaban J connectivity index is 1.00. The minimum absolute atomic E-state index is 0.631. The van der Waals surface area contributed by atoms with Crippen molar-refractivity contribution in [3.8, 4) is 78.7 Å². The van der Waals surface area contributed by atoms with E-state index in [0.29, 0.717) is 17.5 Å². The van der Waals surface area contributed by atoms with E-state index < -0.39 is 0 Å². The van der Waals surface area contributed by atoms with E-state index >= 15 is 0 Å². The van der Waals surface area contributed by atoms with Gasteiger partial charge in [0.25, 0.3) is 0 Å². The summed E-state index contributed by atoms with van der Waals surface area (Å²) in [6.45, 7) is 0. The first-order chi connectivity index (χ1) is 29.2. The Morgan fingerprint density at radius 1 is 0.254 bits per heavy atom.